The van der Waals surface area contributed by atoms with Crippen LogP contribution in [-0.2, 0) is 11.8 Å². The van der Waals surface area contributed by atoms with Crippen molar-refractivity contribution in [2.24, 2.45) is 7.05 Å². The van der Waals surface area contributed by atoms with E-state index in [0.717, 1.165) is 0 Å². The first-order valence-electron chi connectivity index (χ1n) is 6.00. The minimum atomic E-state index is -0.549. The van der Waals surface area contributed by atoms with Crippen molar-refractivity contribution in [3.8, 4) is 5.75 Å². The van der Waals surface area contributed by atoms with Gasteiger partial charge in [0.25, 0.3) is 11.8 Å². The molecule has 1 aromatic heterocycles. The number of nitrogens with one attached hydrogen (secondary N) is 1. The SMILES string of the molecule is Cn1cccc1C(=O)NC(=O)COc1ccc(Cl)c(Cl)c1. The third kappa shape index (κ3) is 4.00. The summed E-state index contributed by atoms with van der Waals surface area (Å²) in [5.41, 5.74) is 0.387. The molecule has 0 bridgehead atoms. The molecule has 7 heteroatoms. The third-order valence-electron chi connectivity index (χ3n) is 2.69. The lowest BCUT2D eigenvalue weighted by atomic mass is 10.3. The zero-order valence-corrected chi connectivity index (χ0v) is 12.6. The van der Waals surface area contributed by atoms with Crippen LogP contribution in [0.15, 0.2) is 36.5 Å². The second-order valence-electron chi connectivity index (χ2n) is 4.25. The molecule has 0 fully saturated rings. The van der Waals surface area contributed by atoms with Gasteiger partial charge in [0.15, 0.2) is 6.61 Å². The summed E-state index contributed by atoms with van der Waals surface area (Å²) in [6.45, 7) is -0.297. The van der Waals surface area contributed by atoms with Gasteiger partial charge in [0, 0.05) is 19.3 Å². The standard InChI is InChI=1S/C14H12Cl2N2O3/c1-18-6-2-3-12(18)14(20)17-13(19)8-21-9-4-5-10(15)11(16)7-9/h2-7H,8H2,1H3,(H,17,19,20). The molecule has 21 heavy (non-hydrogen) atoms. The Hall–Kier alpha value is -1.98. The molecule has 2 aromatic rings. The fraction of sp³-hybridized carbons (Fsp3) is 0.143. The Morgan fingerprint density at radius 2 is 2.00 bits per heavy atom. The fourth-order valence-electron chi connectivity index (χ4n) is 1.64. The molecule has 0 atom stereocenters. The Bertz CT molecular complexity index is 683. The number of carbonyl (C=O) groups is 2. The van der Waals surface area contributed by atoms with Crippen LogP contribution in [0.5, 0.6) is 5.75 Å². The molecule has 1 aromatic carbocycles. The highest BCUT2D eigenvalue weighted by molar-refractivity contribution is 6.42. The largest absolute Gasteiger partial charge is 0.484 e. The first-order valence-corrected chi connectivity index (χ1v) is 6.76. The summed E-state index contributed by atoms with van der Waals surface area (Å²) < 4.78 is 6.85. The summed E-state index contributed by atoms with van der Waals surface area (Å²) in [4.78, 5) is 23.5. The van der Waals surface area contributed by atoms with Gasteiger partial charge in [-0.25, -0.2) is 0 Å². The van der Waals surface area contributed by atoms with E-state index >= 15 is 0 Å². The number of carbonyl (C=O) groups excluding carboxylic acids is 2. The van der Waals surface area contributed by atoms with Crippen molar-refractivity contribution < 1.29 is 14.3 Å². The van der Waals surface area contributed by atoms with E-state index in [2.05, 4.69) is 5.32 Å². The van der Waals surface area contributed by atoms with Gasteiger partial charge in [-0.15, -0.1) is 0 Å². The Kier molecular flexibility index (Phi) is 4.88. The lowest BCUT2D eigenvalue weighted by Crippen LogP contribution is -2.35. The van der Waals surface area contributed by atoms with E-state index in [1.54, 1.807) is 42.1 Å². The average molecular weight is 327 g/mol. The van der Waals surface area contributed by atoms with E-state index in [9.17, 15) is 9.59 Å². The summed E-state index contributed by atoms with van der Waals surface area (Å²) in [5.74, 6) is -0.636. The number of ether oxygens (including phenoxy) is 1. The van der Waals surface area contributed by atoms with Gasteiger partial charge in [-0.05, 0) is 24.3 Å². The van der Waals surface area contributed by atoms with Crippen LogP contribution < -0.4 is 10.1 Å². The predicted molar refractivity (Wildman–Crippen MR) is 79.8 cm³/mol. The molecule has 2 rings (SSSR count). The highest BCUT2D eigenvalue weighted by atomic mass is 35.5. The first kappa shape index (κ1) is 15.4. The van der Waals surface area contributed by atoms with E-state index < -0.39 is 11.8 Å². The lowest BCUT2D eigenvalue weighted by Gasteiger charge is -2.08. The molecule has 0 aliphatic heterocycles. The molecular weight excluding hydrogens is 315 g/mol. The summed E-state index contributed by atoms with van der Waals surface area (Å²) in [7, 11) is 1.71. The molecule has 0 aliphatic carbocycles. The predicted octanol–water partition coefficient (Wildman–Crippen LogP) is 2.67. The van der Waals surface area contributed by atoms with Gasteiger partial charge in [-0.2, -0.15) is 0 Å². The smallest absolute Gasteiger partial charge is 0.274 e. The zero-order chi connectivity index (χ0) is 15.4. The highest BCUT2D eigenvalue weighted by Crippen LogP contribution is 2.26. The molecule has 5 nitrogen and oxygen atoms in total. The van der Waals surface area contributed by atoms with Crippen LogP contribution in [0.2, 0.25) is 10.0 Å². The minimum absolute atomic E-state index is 0.297. The van der Waals surface area contributed by atoms with Crippen molar-refractivity contribution in [2.45, 2.75) is 0 Å². The number of benzene rings is 1. The minimum Gasteiger partial charge on any atom is -0.484 e. The maximum absolute atomic E-state index is 11.8. The number of hydrogen-bond donors (Lipinski definition) is 1. The number of rotatable bonds is 4. The summed E-state index contributed by atoms with van der Waals surface area (Å²) in [6, 6.07) is 7.97. The summed E-state index contributed by atoms with van der Waals surface area (Å²) >= 11 is 11.6. The van der Waals surface area contributed by atoms with Crippen LogP contribution in [0, 0.1) is 0 Å². The molecule has 0 spiro atoms. The van der Waals surface area contributed by atoms with Crippen LogP contribution >= 0.6 is 23.2 Å². The lowest BCUT2D eigenvalue weighted by molar-refractivity contribution is -0.122. The normalized spacial score (nSPS) is 10.2. The number of aromatic nitrogens is 1. The molecule has 0 saturated carbocycles. The Morgan fingerprint density at radius 3 is 2.62 bits per heavy atom. The monoisotopic (exact) mass is 326 g/mol. The molecule has 0 saturated heterocycles. The summed E-state index contributed by atoms with van der Waals surface area (Å²) in [6.07, 6.45) is 1.71. The van der Waals surface area contributed by atoms with E-state index in [4.69, 9.17) is 27.9 Å². The molecule has 0 aliphatic rings. The van der Waals surface area contributed by atoms with Crippen LogP contribution in [0.3, 0.4) is 0 Å². The molecule has 1 heterocycles. The molecule has 0 unspecified atom stereocenters. The summed E-state index contributed by atoms with van der Waals surface area (Å²) in [5, 5.41) is 2.96. The molecular formula is C14H12Cl2N2O3. The van der Waals surface area contributed by atoms with Gasteiger partial charge < -0.3 is 9.30 Å². The number of hydrogen-bond acceptors (Lipinski definition) is 3. The van der Waals surface area contributed by atoms with Crippen molar-refractivity contribution in [3.63, 3.8) is 0 Å². The van der Waals surface area contributed by atoms with Gasteiger partial charge in [-0.1, -0.05) is 23.2 Å². The van der Waals surface area contributed by atoms with E-state index in [0.29, 0.717) is 21.5 Å². The first-order chi connectivity index (χ1) is 9.97. The van der Waals surface area contributed by atoms with Crippen molar-refractivity contribution in [1.29, 1.82) is 0 Å². The van der Waals surface area contributed by atoms with E-state index in [1.807, 2.05) is 0 Å². The third-order valence-corrected chi connectivity index (χ3v) is 3.43. The second kappa shape index (κ2) is 6.65. The quantitative estimate of drug-likeness (QED) is 0.939. The van der Waals surface area contributed by atoms with Crippen LogP contribution in [0.4, 0.5) is 0 Å². The zero-order valence-electron chi connectivity index (χ0n) is 11.1. The second-order valence-corrected chi connectivity index (χ2v) is 5.06. The van der Waals surface area contributed by atoms with Gasteiger partial charge in [0.05, 0.1) is 10.0 Å². The topological polar surface area (TPSA) is 60.3 Å². The van der Waals surface area contributed by atoms with Crippen molar-refractivity contribution >= 4 is 35.0 Å². The van der Waals surface area contributed by atoms with Crippen molar-refractivity contribution in [1.82, 2.24) is 9.88 Å². The maximum atomic E-state index is 11.8. The van der Waals surface area contributed by atoms with Gasteiger partial charge in [0.1, 0.15) is 11.4 Å². The van der Waals surface area contributed by atoms with E-state index in [-0.39, 0.29) is 6.61 Å². The van der Waals surface area contributed by atoms with E-state index in [1.165, 1.54) is 6.07 Å². The molecule has 0 radical (unpaired) electrons. The number of halogens is 2. The van der Waals surface area contributed by atoms with Crippen LogP contribution in [0.25, 0.3) is 0 Å². The van der Waals surface area contributed by atoms with Crippen LogP contribution in [0.1, 0.15) is 10.5 Å². The average Bonchev–Trinajstić information content (AvgIpc) is 2.86. The number of aryl methyl sites for hydroxylation is 1. The Labute approximate surface area is 131 Å². The maximum Gasteiger partial charge on any atom is 0.274 e. The molecule has 1 N–H and O–H groups in total. The fourth-order valence-corrected chi connectivity index (χ4v) is 1.93. The molecule has 110 valence electrons. The van der Waals surface area contributed by atoms with Gasteiger partial charge in [-0.3, -0.25) is 14.9 Å². The molecule has 2 amide bonds. The highest BCUT2D eigenvalue weighted by Gasteiger charge is 2.13. The van der Waals surface area contributed by atoms with Gasteiger partial charge >= 0.3 is 0 Å². The van der Waals surface area contributed by atoms with Crippen molar-refractivity contribution in [2.75, 3.05) is 6.61 Å². The van der Waals surface area contributed by atoms with Crippen molar-refractivity contribution in [3.05, 3.63) is 52.3 Å². The Morgan fingerprint density at radius 1 is 1.24 bits per heavy atom. The van der Waals surface area contributed by atoms with Gasteiger partial charge in [0.2, 0.25) is 0 Å². The van der Waals surface area contributed by atoms with Crippen LogP contribution in [-0.4, -0.2) is 23.0 Å². The number of amides is 2. The number of imide groups is 1. The Balaban J connectivity index is 1.89. The number of nitrogens with zero attached hydrogens (tertiary/aromatic N) is 1.